The van der Waals surface area contributed by atoms with Crippen LogP contribution in [-0.4, -0.2) is 88.9 Å². The second kappa shape index (κ2) is 13.0. The fourth-order valence-electron chi connectivity index (χ4n) is 1.02. The Morgan fingerprint density at radius 3 is 1.55 bits per heavy atom. The largest absolute Gasteiger partial charge is 2.00 e. The third kappa shape index (κ3) is 22.9. The normalized spacial score (nSPS) is 9.82. The number of para-hydroxylation sites is 1. The van der Waals surface area contributed by atoms with E-state index in [1.807, 2.05) is 30.5 Å². The van der Waals surface area contributed by atoms with E-state index in [1.165, 1.54) is 5.39 Å². The number of benzene rings is 1. The van der Waals surface area contributed by atoms with E-state index in [4.69, 9.17) is 35.0 Å². The molecular formula is C9H7BaNO8PdS2. The van der Waals surface area contributed by atoms with Gasteiger partial charge in [0.15, 0.2) is 0 Å². The van der Waals surface area contributed by atoms with Crippen LogP contribution < -0.4 is 0 Å². The Morgan fingerprint density at radius 1 is 0.773 bits per heavy atom. The van der Waals surface area contributed by atoms with E-state index in [0.29, 0.717) is 0 Å². The quantitative estimate of drug-likeness (QED) is 0.225. The molecule has 13 heteroatoms. The Labute approximate surface area is 181 Å². The van der Waals surface area contributed by atoms with E-state index in [9.17, 15) is 0 Å². The number of fused-ring (bicyclic) bond motifs is 1. The molecule has 1 heterocycles. The molecule has 0 radical (unpaired) electrons. The fourth-order valence-corrected chi connectivity index (χ4v) is 1.02. The molecule has 0 unspecified atom stereocenters. The second-order valence-corrected chi connectivity index (χ2v) is 4.65. The summed E-state index contributed by atoms with van der Waals surface area (Å²) in [6.07, 6.45) is 1.81. The topological polar surface area (TPSA) is 173 Å². The molecule has 0 aliphatic rings. The monoisotopic (exact) mass is 565 g/mol. The third-order valence-corrected chi connectivity index (χ3v) is 1.51. The minimum Gasteiger partial charge on any atom is -0.759 e. The van der Waals surface area contributed by atoms with Crippen LogP contribution >= 0.6 is 0 Å². The molecule has 2 rings (SSSR count). The SMILES string of the molecule is O=S(=O)([O-])[O-].O=S(=O)([O-])[O-].[Ba+2].[Pd+2].c1ccc2ncccc2c1. The van der Waals surface area contributed by atoms with Crippen LogP contribution in [0.15, 0.2) is 42.6 Å². The molecular weight excluding hydrogens is 558 g/mol. The molecule has 2 aromatic rings. The van der Waals surface area contributed by atoms with Crippen LogP contribution in [0.25, 0.3) is 10.9 Å². The predicted molar refractivity (Wildman–Crippen MR) is 68.4 cm³/mol. The van der Waals surface area contributed by atoms with E-state index < -0.39 is 20.8 Å². The second-order valence-electron chi connectivity index (χ2n) is 3.01. The smallest absolute Gasteiger partial charge is 0.759 e. The Hall–Kier alpha value is 0.604. The molecule has 0 atom stereocenters. The first-order chi connectivity index (χ1) is 8.97. The maximum atomic E-state index is 8.52. The summed E-state index contributed by atoms with van der Waals surface area (Å²) in [6.45, 7) is 0. The minimum atomic E-state index is -5.17. The zero-order chi connectivity index (χ0) is 15.8. The fraction of sp³-hybridized carbons (Fsp3) is 0. The van der Waals surface area contributed by atoms with Gasteiger partial charge in [0.1, 0.15) is 0 Å². The first-order valence-corrected chi connectivity index (χ1v) is 7.26. The number of aromatic nitrogens is 1. The van der Waals surface area contributed by atoms with Gasteiger partial charge in [-0.1, -0.05) is 24.3 Å². The Bertz CT molecular complexity index is 642. The molecule has 0 fully saturated rings. The van der Waals surface area contributed by atoms with Gasteiger partial charge in [-0.15, -0.1) is 0 Å². The minimum absolute atomic E-state index is 0. The van der Waals surface area contributed by atoms with Gasteiger partial charge in [0.25, 0.3) is 0 Å². The van der Waals surface area contributed by atoms with Crippen LogP contribution in [0.4, 0.5) is 0 Å². The van der Waals surface area contributed by atoms with Gasteiger partial charge in [-0.3, -0.25) is 21.8 Å². The first kappa shape index (κ1) is 27.5. The first-order valence-electron chi connectivity index (χ1n) is 4.60. The van der Waals surface area contributed by atoms with E-state index in [-0.39, 0.29) is 69.3 Å². The van der Waals surface area contributed by atoms with Crippen molar-refractivity contribution in [3.8, 4) is 0 Å². The van der Waals surface area contributed by atoms with Crippen LogP contribution in [-0.2, 0) is 41.2 Å². The van der Waals surface area contributed by atoms with Gasteiger partial charge in [-0.05, 0) is 12.1 Å². The van der Waals surface area contributed by atoms with Crippen molar-refractivity contribution in [1.82, 2.24) is 4.98 Å². The van der Waals surface area contributed by atoms with E-state index in [1.54, 1.807) is 0 Å². The molecule has 0 aliphatic carbocycles. The molecule has 0 N–H and O–H groups in total. The number of hydrogen-bond donors (Lipinski definition) is 0. The molecule has 1 aromatic heterocycles. The number of nitrogens with zero attached hydrogens (tertiary/aromatic N) is 1. The van der Waals surface area contributed by atoms with Crippen molar-refractivity contribution in [2.75, 3.05) is 0 Å². The average molecular weight is 565 g/mol. The van der Waals surface area contributed by atoms with Crippen molar-refractivity contribution in [3.63, 3.8) is 0 Å². The molecule has 1 aromatic carbocycles. The molecule has 0 saturated heterocycles. The van der Waals surface area contributed by atoms with E-state index in [0.717, 1.165) is 5.52 Å². The summed E-state index contributed by atoms with van der Waals surface area (Å²) in [7, 11) is -10.3. The third-order valence-electron chi connectivity index (χ3n) is 1.51. The van der Waals surface area contributed by atoms with Gasteiger partial charge >= 0.3 is 69.3 Å². The maximum Gasteiger partial charge on any atom is 2.00 e. The summed E-state index contributed by atoms with van der Waals surface area (Å²) < 4.78 is 68.2. The molecule has 0 bridgehead atoms. The van der Waals surface area contributed by atoms with Gasteiger partial charge in [-0.25, -0.2) is 0 Å². The molecule has 0 spiro atoms. The Morgan fingerprint density at radius 2 is 1.14 bits per heavy atom. The number of pyridine rings is 1. The zero-order valence-electron chi connectivity index (χ0n) is 10.6. The molecule has 9 nitrogen and oxygen atoms in total. The van der Waals surface area contributed by atoms with E-state index >= 15 is 0 Å². The van der Waals surface area contributed by atoms with Crippen LogP contribution in [0.2, 0.25) is 0 Å². The Balaban J connectivity index is -0.000000264. The molecule has 0 aliphatic heterocycles. The van der Waals surface area contributed by atoms with Crippen LogP contribution in [0.1, 0.15) is 0 Å². The van der Waals surface area contributed by atoms with Crippen molar-refractivity contribution in [2.24, 2.45) is 0 Å². The van der Waals surface area contributed by atoms with Crippen molar-refractivity contribution in [3.05, 3.63) is 42.6 Å². The van der Waals surface area contributed by atoms with Crippen molar-refractivity contribution < 1.29 is 55.5 Å². The summed E-state index contributed by atoms with van der Waals surface area (Å²) in [5.41, 5.74) is 1.06. The van der Waals surface area contributed by atoms with Gasteiger partial charge in [0.2, 0.25) is 0 Å². The van der Waals surface area contributed by atoms with Gasteiger partial charge in [0, 0.05) is 32.4 Å². The van der Waals surface area contributed by atoms with Crippen LogP contribution in [0.5, 0.6) is 0 Å². The van der Waals surface area contributed by atoms with Crippen LogP contribution in [0.3, 0.4) is 0 Å². The molecule has 0 amide bonds. The molecule has 22 heavy (non-hydrogen) atoms. The molecule has 120 valence electrons. The number of rotatable bonds is 0. The number of hydrogen-bond acceptors (Lipinski definition) is 9. The van der Waals surface area contributed by atoms with Crippen LogP contribution in [0, 0.1) is 0 Å². The van der Waals surface area contributed by atoms with Gasteiger partial charge < -0.3 is 18.2 Å². The summed E-state index contributed by atoms with van der Waals surface area (Å²) in [6, 6.07) is 12.1. The van der Waals surface area contributed by atoms with Gasteiger partial charge in [0.05, 0.1) is 5.52 Å². The van der Waals surface area contributed by atoms with Crippen molar-refractivity contribution >= 4 is 80.6 Å². The summed E-state index contributed by atoms with van der Waals surface area (Å²) in [5.74, 6) is 0. The predicted octanol–water partition coefficient (Wildman–Crippen LogP) is -0.824. The zero-order valence-corrected chi connectivity index (χ0v) is 18.2. The molecule has 0 saturated carbocycles. The average Bonchev–Trinajstić information content (AvgIpc) is 2.25. The van der Waals surface area contributed by atoms with Crippen molar-refractivity contribution in [2.45, 2.75) is 0 Å². The standard InChI is InChI=1S/C9H7N.Ba.2H2O4S.Pd/c1-2-6-9-8(4-1)5-3-7-10-9;;2*1-5(2,3)4;/h1-7H;;2*(H2,1,2,3,4);/q;+2;;;+2/p-4. The van der Waals surface area contributed by atoms with E-state index in [2.05, 4.69) is 17.1 Å². The van der Waals surface area contributed by atoms with Crippen molar-refractivity contribution in [1.29, 1.82) is 0 Å². The summed E-state index contributed by atoms with van der Waals surface area (Å²) in [4.78, 5) is 4.18. The summed E-state index contributed by atoms with van der Waals surface area (Å²) >= 11 is 0. The van der Waals surface area contributed by atoms with Gasteiger partial charge in [-0.2, -0.15) is 0 Å². The Kier molecular flexibility index (Phi) is 16.2. The maximum absolute atomic E-state index is 8.52. The summed E-state index contributed by atoms with van der Waals surface area (Å²) in [5, 5.41) is 1.20.